The highest BCUT2D eigenvalue weighted by Gasteiger charge is 2.12. The van der Waals surface area contributed by atoms with Gasteiger partial charge in [-0.15, -0.1) is 0 Å². The average Bonchev–Trinajstić information content (AvgIpc) is 2.34. The summed E-state index contributed by atoms with van der Waals surface area (Å²) in [5.74, 6) is 0.160. The van der Waals surface area contributed by atoms with E-state index in [1.54, 1.807) is 0 Å². The van der Waals surface area contributed by atoms with Gasteiger partial charge in [-0.2, -0.15) is 0 Å². The van der Waals surface area contributed by atoms with Crippen LogP contribution in [0, 0.1) is 13.8 Å². The van der Waals surface area contributed by atoms with Gasteiger partial charge in [0.1, 0.15) is 0 Å². The number of aliphatic hydroxyl groups excluding tert-OH is 1. The van der Waals surface area contributed by atoms with Crippen molar-refractivity contribution in [1.29, 1.82) is 0 Å². The summed E-state index contributed by atoms with van der Waals surface area (Å²) >= 11 is 0. The van der Waals surface area contributed by atoms with Crippen molar-refractivity contribution in [3.8, 4) is 0 Å². The van der Waals surface area contributed by atoms with Crippen LogP contribution in [0.2, 0.25) is 0 Å². The highest BCUT2D eigenvalue weighted by molar-refractivity contribution is 5.98. The van der Waals surface area contributed by atoms with E-state index in [4.69, 9.17) is 5.11 Å². The number of carbonyl (C=O) groups is 1. The Labute approximate surface area is 109 Å². The second-order valence-corrected chi connectivity index (χ2v) is 4.69. The first kappa shape index (κ1) is 14.9. The number of rotatable bonds is 7. The molecule has 18 heavy (non-hydrogen) atoms. The molecule has 0 atom stereocenters. The summed E-state index contributed by atoms with van der Waals surface area (Å²) in [6, 6.07) is 5.92. The average molecular weight is 249 g/mol. The molecule has 0 radical (unpaired) electrons. The van der Waals surface area contributed by atoms with Crippen molar-refractivity contribution in [3.05, 3.63) is 34.9 Å². The Kier molecular flexibility index (Phi) is 6.02. The lowest BCUT2D eigenvalue weighted by Crippen LogP contribution is -2.31. The summed E-state index contributed by atoms with van der Waals surface area (Å²) in [5.41, 5.74) is 3.03. The summed E-state index contributed by atoms with van der Waals surface area (Å²) in [6.45, 7) is 8.24. The number of aryl methyl sites for hydroxylation is 2. The molecule has 0 aliphatic carbocycles. The Morgan fingerprint density at radius 2 is 2.06 bits per heavy atom. The Balaban J connectivity index is 2.68. The maximum Gasteiger partial charge on any atom is 0.177 e. The number of Topliss-reactive ketones (excluding diaryl/α,β-unsaturated/α-hetero) is 1. The van der Waals surface area contributed by atoms with Gasteiger partial charge in [-0.25, -0.2) is 0 Å². The van der Waals surface area contributed by atoms with E-state index >= 15 is 0 Å². The van der Waals surface area contributed by atoms with Gasteiger partial charge in [0.05, 0.1) is 6.54 Å². The van der Waals surface area contributed by atoms with Crippen molar-refractivity contribution >= 4 is 5.78 Å². The largest absolute Gasteiger partial charge is 0.396 e. The molecular formula is C15H23NO2. The summed E-state index contributed by atoms with van der Waals surface area (Å²) < 4.78 is 0. The Bertz CT molecular complexity index is 401. The number of hydrogen-bond acceptors (Lipinski definition) is 3. The van der Waals surface area contributed by atoms with E-state index in [-0.39, 0.29) is 12.4 Å². The molecule has 0 bridgehead atoms. The van der Waals surface area contributed by atoms with Crippen molar-refractivity contribution in [2.45, 2.75) is 27.2 Å². The molecule has 1 aromatic carbocycles. The number of hydrogen-bond donors (Lipinski definition) is 1. The highest BCUT2D eigenvalue weighted by Crippen LogP contribution is 2.12. The number of likely N-dealkylation sites (N-methyl/N-ethyl adjacent to an activating group) is 1. The van der Waals surface area contributed by atoms with E-state index in [1.807, 2.05) is 39.0 Å². The van der Waals surface area contributed by atoms with Gasteiger partial charge >= 0.3 is 0 Å². The van der Waals surface area contributed by atoms with Crippen molar-refractivity contribution in [1.82, 2.24) is 4.90 Å². The maximum absolute atomic E-state index is 12.2. The minimum Gasteiger partial charge on any atom is -0.396 e. The molecule has 0 spiro atoms. The summed E-state index contributed by atoms with van der Waals surface area (Å²) in [5, 5.41) is 8.82. The summed E-state index contributed by atoms with van der Waals surface area (Å²) in [6.07, 6.45) is 0.716. The predicted octanol–water partition coefficient (Wildman–Crippen LogP) is 2.19. The zero-order valence-electron chi connectivity index (χ0n) is 11.6. The lowest BCUT2D eigenvalue weighted by molar-refractivity contribution is 0.0927. The van der Waals surface area contributed by atoms with Crippen molar-refractivity contribution in [2.24, 2.45) is 0 Å². The standard InChI is InChI=1S/C15H23NO2/c1-4-16(8-5-9-17)11-15(18)14-7-6-12(2)10-13(14)3/h6-7,10,17H,4-5,8-9,11H2,1-3H3. The third kappa shape index (κ3) is 4.24. The topological polar surface area (TPSA) is 40.5 Å². The maximum atomic E-state index is 12.2. The second kappa shape index (κ2) is 7.29. The van der Waals surface area contributed by atoms with Crippen LogP contribution in [-0.2, 0) is 0 Å². The third-order valence-electron chi connectivity index (χ3n) is 3.13. The van der Waals surface area contributed by atoms with E-state index < -0.39 is 0 Å². The van der Waals surface area contributed by atoms with Gasteiger partial charge in [0.2, 0.25) is 0 Å². The lowest BCUT2D eigenvalue weighted by Gasteiger charge is -2.19. The fourth-order valence-electron chi connectivity index (χ4n) is 2.06. The molecule has 0 saturated heterocycles. The molecule has 0 aliphatic heterocycles. The van der Waals surface area contributed by atoms with Crippen LogP contribution in [0.15, 0.2) is 18.2 Å². The fourth-order valence-corrected chi connectivity index (χ4v) is 2.06. The minimum atomic E-state index is 0.160. The van der Waals surface area contributed by atoms with E-state index in [2.05, 4.69) is 4.90 Å². The fraction of sp³-hybridized carbons (Fsp3) is 0.533. The van der Waals surface area contributed by atoms with Crippen LogP contribution in [0.5, 0.6) is 0 Å². The molecular weight excluding hydrogens is 226 g/mol. The molecule has 0 aliphatic rings. The van der Waals surface area contributed by atoms with Gasteiger partial charge in [0.25, 0.3) is 0 Å². The number of aliphatic hydroxyl groups is 1. The molecule has 3 nitrogen and oxygen atoms in total. The molecule has 0 fully saturated rings. The first-order valence-corrected chi connectivity index (χ1v) is 6.52. The zero-order chi connectivity index (χ0) is 13.5. The molecule has 1 aromatic rings. The molecule has 3 heteroatoms. The van der Waals surface area contributed by atoms with Gasteiger partial charge in [-0.3, -0.25) is 9.69 Å². The van der Waals surface area contributed by atoms with Gasteiger partial charge in [-0.05, 0) is 32.4 Å². The van der Waals surface area contributed by atoms with E-state index in [1.165, 1.54) is 5.56 Å². The number of benzene rings is 1. The van der Waals surface area contributed by atoms with Crippen molar-refractivity contribution in [3.63, 3.8) is 0 Å². The second-order valence-electron chi connectivity index (χ2n) is 4.69. The number of nitrogens with zero attached hydrogens (tertiary/aromatic N) is 1. The Morgan fingerprint density at radius 3 is 2.61 bits per heavy atom. The number of carbonyl (C=O) groups excluding carboxylic acids is 1. The van der Waals surface area contributed by atoms with Crippen molar-refractivity contribution < 1.29 is 9.90 Å². The van der Waals surface area contributed by atoms with Crippen LogP contribution < -0.4 is 0 Å². The third-order valence-corrected chi connectivity index (χ3v) is 3.13. The van der Waals surface area contributed by atoms with Gasteiger partial charge in [0, 0.05) is 18.7 Å². The molecule has 0 saturated carbocycles. The first-order chi connectivity index (χ1) is 8.58. The molecule has 100 valence electrons. The van der Waals surface area contributed by atoms with Gasteiger partial charge in [0.15, 0.2) is 5.78 Å². The molecule has 0 unspecified atom stereocenters. The van der Waals surface area contributed by atoms with Crippen LogP contribution in [0.1, 0.15) is 34.8 Å². The van der Waals surface area contributed by atoms with Crippen LogP contribution >= 0.6 is 0 Å². The minimum absolute atomic E-state index is 0.160. The summed E-state index contributed by atoms with van der Waals surface area (Å²) in [7, 11) is 0. The van der Waals surface area contributed by atoms with Gasteiger partial charge in [-0.1, -0.05) is 30.7 Å². The lowest BCUT2D eigenvalue weighted by atomic mass is 10.0. The Hall–Kier alpha value is -1.19. The molecule has 0 amide bonds. The molecule has 0 aromatic heterocycles. The van der Waals surface area contributed by atoms with Crippen LogP contribution in [0.3, 0.4) is 0 Å². The van der Waals surface area contributed by atoms with Crippen molar-refractivity contribution in [2.75, 3.05) is 26.2 Å². The molecule has 1 rings (SSSR count). The van der Waals surface area contributed by atoms with Crippen LogP contribution in [0.25, 0.3) is 0 Å². The normalized spacial score (nSPS) is 10.9. The van der Waals surface area contributed by atoms with Crippen LogP contribution in [-0.4, -0.2) is 42.0 Å². The smallest absolute Gasteiger partial charge is 0.177 e. The SMILES string of the molecule is CCN(CCCO)CC(=O)c1ccc(C)cc1C. The molecule has 1 N–H and O–H groups in total. The monoisotopic (exact) mass is 249 g/mol. The van der Waals surface area contributed by atoms with Gasteiger partial charge < -0.3 is 5.11 Å². The first-order valence-electron chi connectivity index (χ1n) is 6.52. The zero-order valence-corrected chi connectivity index (χ0v) is 11.6. The highest BCUT2D eigenvalue weighted by atomic mass is 16.3. The van der Waals surface area contributed by atoms with E-state index in [9.17, 15) is 4.79 Å². The van der Waals surface area contributed by atoms with Crippen LogP contribution in [0.4, 0.5) is 0 Å². The predicted molar refractivity (Wildman–Crippen MR) is 74.1 cm³/mol. The summed E-state index contributed by atoms with van der Waals surface area (Å²) in [4.78, 5) is 14.3. The molecule has 0 heterocycles. The Morgan fingerprint density at radius 1 is 1.33 bits per heavy atom. The van der Waals surface area contributed by atoms with E-state index in [0.29, 0.717) is 13.0 Å². The quantitative estimate of drug-likeness (QED) is 0.753. The van der Waals surface area contributed by atoms with E-state index in [0.717, 1.165) is 24.2 Å². The number of ketones is 1.